The molecule has 0 saturated carbocycles. The molecule has 1 aromatic carbocycles. The molecule has 1 N–H and O–H groups in total. The van der Waals surface area contributed by atoms with Gasteiger partial charge in [0.05, 0.1) is 6.54 Å². The molecule has 0 radical (unpaired) electrons. The molecule has 0 aliphatic heterocycles. The Labute approximate surface area is 80.5 Å². The number of hydrogen-bond acceptors (Lipinski definition) is 2. The summed E-state index contributed by atoms with van der Waals surface area (Å²) in [5, 5.41) is 2.66. The standard InChI is InChI=1S/C9H11F2NS/c1-13-8-4-2-3-7(5-8)12-6-9(10)11/h2-5,9,12H,6H2,1H3. The summed E-state index contributed by atoms with van der Waals surface area (Å²) >= 11 is 1.59. The first-order chi connectivity index (χ1) is 6.22. The molecule has 1 nitrogen and oxygen atoms in total. The SMILES string of the molecule is CSc1cccc(NCC(F)F)c1. The molecule has 1 aromatic rings. The molecule has 0 unspecified atom stereocenters. The van der Waals surface area contributed by atoms with E-state index in [1.54, 1.807) is 17.8 Å². The summed E-state index contributed by atoms with van der Waals surface area (Å²) in [4.78, 5) is 1.07. The molecule has 0 heterocycles. The predicted molar refractivity (Wildman–Crippen MR) is 52.7 cm³/mol. The fraction of sp³-hybridized carbons (Fsp3) is 0.333. The van der Waals surface area contributed by atoms with Gasteiger partial charge in [-0.3, -0.25) is 0 Å². The number of thioether (sulfide) groups is 1. The van der Waals surface area contributed by atoms with E-state index in [0.29, 0.717) is 0 Å². The van der Waals surface area contributed by atoms with Crippen LogP contribution in [-0.2, 0) is 0 Å². The molecule has 13 heavy (non-hydrogen) atoms. The quantitative estimate of drug-likeness (QED) is 0.755. The number of anilines is 1. The molecular weight excluding hydrogens is 192 g/mol. The minimum absolute atomic E-state index is 0.294. The largest absolute Gasteiger partial charge is 0.379 e. The third kappa shape index (κ3) is 3.63. The number of nitrogens with one attached hydrogen (secondary N) is 1. The van der Waals surface area contributed by atoms with Gasteiger partial charge in [-0.15, -0.1) is 11.8 Å². The lowest BCUT2D eigenvalue weighted by Crippen LogP contribution is -2.09. The molecule has 0 aliphatic rings. The van der Waals surface area contributed by atoms with Crippen LogP contribution in [0.25, 0.3) is 0 Å². The van der Waals surface area contributed by atoms with Crippen LogP contribution >= 0.6 is 11.8 Å². The molecule has 0 bridgehead atoms. The van der Waals surface area contributed by atoms with Crippen molar-refractivity contribution in [1.82, 2.24) is 0 Å². The number of rotatable bonds is 4. The zero-order valence-electron chi connectivity index (χ0n) is 7.26. The normalized spacial score (nSPS) is 10.5. The summed E-state index contributed by atoms with van der Waals surface area (Å²) in [6.07, 6.45) is -0.357. The van der Waals surface area contributed by atoms with Crippen LogP contribution in [-0.4, -0.2) is 19.2 Å². The lowest BCUT2D eigenvalue weighted by Gasteiger charge is -2.06. The molecule has 72 valence electrons. The maximum Gasteiger partial charge on any atom is 0.255 e. The predicted octanol–water partition coefficient (Wildman–Crippen LogP) is 3.09. The van der Waals surface area contributed by atoms with Crippen LogP contribution in [0.15, 0.2) is 29.2 Å². The van der Waals surface area contributed by atoms with Crippen LogP contribution in [0.5, 0.6) is 0 Å². The molecule has 4 heteroatoms. The van der Waals surface area contributed by atoms with Gasteiger partial charge in [0.2, 0.25) is 0 Å². The summed E-state index contributed by atoms with van der Waals surface area (Å²) in [5.74, 6) is 0. The average Bonchev–Trinajstić information content (AvgIpc) is 2.15. The number of alkyl halides is 2. The Hall–Kier alpha value is -0.770. The summed E-state index contributed by atoms with van der Waals surface area (Å²) < 4.78 is 23.7. The molecule has 1 rings (SSSR count). The first-order valence-electron chi connectivity index (χ1n) is 3.88. The highest BCUT2D eigenvalue weighted by Gasteiger charge is 2.01. The fourth-order valence-corrected chi connectivity index (χ4v) is 1.39. The Kier molecular flexibility index (Phi) is 4.02. The van der Waals surface area contributed by atoms with Crippen molar-refractivity contribution in [3.8, 4) is 0 Å². The van der Waals surface area contributed by atoms with E-state index in [4.69, 9.17) is 0 Å². The van der Waals surface area contributed by atoms with Gasteiger partial charge in [0.25, 0.3) is 6.43 Å². The van der Waals surface area contributed by atoms with Crippen LogP contribution < -0.4 is 5.32 Å². The van der Waals surface area contributed by atoms with Gasteiger partial charge in [-0.25, -0.2) is 8.78 Å². The summed E-state index contributed by atoms with van der Waals surface area (Å²) in [6.45, 7) is -0.294. The first kappa shape index (κ1) is 10.3. The molecule has 0 amide bonds. The Morgan fingerprint density at radius 2 is 2.23 bits per heavy atom. The second kappa shape index (κ2) is 5.07. The maximum atomic E-state index is 11.8. The second-order valence-electron chi connectivity index (χ2n) is 2.50. The van der Waals surface area contributed by atoms with Gasteiger partial charge < -0.3 is 5.32 Å². The van der Waals surface area contributed by atoms with Crippen molar-refractivity contribution in [2.75, 3.05) is 18.1 Å². The summed E-state index contributed by atoms with van der Waals surface area (Å²) in [6, 6.07) is 7.42. The van der Waals surface area contributed by atoms with Crippen LogP contribution in [0.3, 0.4) is 0 Å². The van der Waals surface area contributed by atoms with E-state index >= 15 is 0 Å². The smallest absolute Gasteiger partial charge is 0.255 e. The van der Waals surface area contributed by atoms with E-state index < -0.39 is 6.43 Å². The van der Waals surface area contributed by atoms with Gasteiger partial charge in [0.15, 0.2) is 0 Å². The summed E-state index contributed by atoms with van der Waals surface area (Å²) in [5.41, 5.74) is 0.743. The van der Waals surface area contributed by atoms with Crippen molar-refractivity contribution in [3.05, 3.63) is 24.3 Å². The van der Waals surface area contributed by atoms with Crippen molar-refractivity contribution < 1.29 is 8.78 Å². The lowest BCUT2D eigenvalue weighted by molar-refractivity contribution is 0.163. The van der Waals surface area contributed by atoms with Gasteiger partial charge in [-0.1, -0.05) is 6.07 Å². The van der Waals surface area contributed by atoms with Crippen molar-refractivity contribution in [1.29, 1.82) is 0 Å². The molecule has 0 fully saturated rings. The van der Waals surface area contributed by atoms with E-state index in [1.807, 2.05) is 24.5 Å². The van der Waals surface area contributed by atoms with Gasteiger partial charge in [0.1, 0.15) is 0 Å². The lowest BCUT2D eigenvalue weighted by atomic mass is 10.3. The van der Waals surface area contributed by atoms with Crippen LogP contribution in [0.2, 0.25) is 0 Å². The van der Waals surface area contributed by atoms with Gasteiger partial charge in [-0.05, 0) is 24.5 Å². The molecule has 0 spiro atoms. The van der Waals surface area contributed by atoms with E-state index in [1.165, 1.54) is 0 Å². The van der Waals surface area contributed by atoms with Gasteiger partial charge in [0, 0.05) is 10.6 Å². The highest BCUT2D eigenvalue weighted by molar-refractivity contribution is 7.98. The number of halogens is 2. The summed E-state index contributed by atoms with van der Waals surface area (Å²) in [7, 11) is 0. The molecule has 0 aliphatic carbocycles. The van der Waals surface area contributed by atoms with Crippen molar-refractivity contribution in [2.24, 2.45) is 0 Å². The Morgan fingerprint density at radius 3 is 2.85 bits per heavy atom. The van der Waals surface area contributed by atoms with E-state index in [-0.39, 0.29) is 6.54 Å². The Balaban J connectivity index is 2.56. The van der Waals surface area contributed by atoms with E-state index in [9.17, 15) is 8.78 Å². The van der Waals surface area contributed by atoms with Gasteiger partial charge in [-0.2, -0.15) is 0 Å². The molecule has 0 atom stereocenters. The van der Waals surface area contributed by atoms with E-state index in [0.717, 1.165) is 10.6 Å². The third-order valence-corrected chi connectivity index (χ3v) is 2.26. The average molecular weight is 203 g/mol. The van der Waals surface area contributed by atoms with Gasteiger partial charge >= 0.3 is 0 Å². The first-order valence-corrected chi connectivity index (χ1v) is 5.11. The van der Waals surface area contributed by atoms with Crippen LogP contribution in [0, 0.1) is 0 Å². The number of hydrogen-bond donors (Lipinski definition) is 1. The maximum absolute atomic E-state index is 11.8. The Bertz CT molecular complexity index is 266. The highest BCUT2D eigenvalue weighted by atomic mass is 32.2. The molecular formula is C9H11F2NS. The number of benzene rings is 1. The van der Waals surface area contributed by atoms with Crippen molar-refractivity contribution >= 4 is 17.4 Å². The minimum Gasteiger partial charge on any atom is -0.379 e. The Morgan fingerprint density at radius 1 is 1.46 bits per heavy atom. The molecule has 0 aromatic heterocycles. The molecule has 0 saturated heterocycles. The van der Waals surface area contributed by atoms with Crippen molar-refractivity contribution in [2.45, 2.75) is 11.3 Å². The minimum atomic E-state index is -2.31. The zero-order valence-corrected chi connectivity index (χ0v) is 8.07. The zero-order chi connectivity index (χ0) is 9.68. The van der Waals surface area contributed by atoms with E-state index in [2.05, 4.69) is 5.32 Å². The topological polar surface area (TPSA) is 12.0 Å². The van der Waals surface area contributed by atoms with Crippen LogP contribution in [0.1, 0.15) is 0 Å². The monoisotopic (exact) mass is 203 g/mol. The van der Waals surface area contributed by atoms with Crippen molar-refractivity contribution in [3.63, 3.8) is 0 Å². The van der Waals surface area contributed by atoms with Crippen LogP contribution in [0.4, 0.5) is 14.5 Å². The second-order valence-corrected chi connectivity index (χ2v) is 3.38. The fourth-order valence-electron chi connectivity index (χ4n) is 0.928. The third-order valence-electron chi connectivity index (χ3n) is 1.53. The highest BCUT2D eigenvalue weighted by Crippen LogP contribution is 2.18.